The molecule has 1 N–H and O–H groups in total. The van der Waals surface area contributed by atoms with Crippen LogP contribution in [0.4, 0.5) is 0 Å². The van der Waals surface area contributed by atoms with E-state index in [9.17, 15) is 14.7 Å². The minimum Gasteiger partial charge on any atom is -0.479 e. The molecule has 2 heterocycles. The highest BCUT2D eigenvalue weighted by Crippen LogP contribution is 2.35. The molecule has 0 aliphatic carbocycles. The van der Waals surface area contributed by atoms with E-state index >= 15 is 0 Å². The van der Waals surface area contributed by atoms with E-state index in [1.807, 2.05) is 18.2 Å². The normalized spacial score (nSPS) is 28.2. The molecule has 2 atom stereocenters. The molecule has 5 nitrogen and oxygen atoms in total. The van der Waals surface area contributed by atoms with E-state index in [0.717, 1.165) is 12.0 Å². The number of ether oxygens (including phenoxy) is 1. The van der Waals surface area contributed by atoms with E-state index in [4.69, 9.17) is 4.74 Å². The summed E-state index contributed by atoms with van der Waals surface area (Å²) in [6.45, 7) is 2.75. The summed E-state index contributed by atoms with van der Waals surface area (Å²) >= 11 is 0. The van der Waals surface area contributed by atoms with Crippen LogP contribution in [0.1, 0.15) is 36.9 Å². The number of benzene rings is 1. The number of amides is 1. The molecule has 1 aromatic carbocycles. The van der Waals surface area contributed by atoms with Crippen molar-refractivity contribution in [3.8, 4) is 0 Å². The van der Waals surface area contributed by atoms with Crippen molar-refractivity contribution in [3.05, 3.63) is 35.4 Å². The van der Waals surface area contributed by atoms with Gasteiger partial charge in [-0.15, -0.1) is 0 Å². The third-order valence-corrected chi connectivity index (χ3v) is 4.45. The van der Waals surface area contributed by atoms with Gasteiger partial charge in [0.1, 0.15) is 5.60 Å². The Kier molecular flexibility index (Phi) is 3.45. The lowest BCUT2D eigenvalue weighted by Gasteiger charge is -2.38. The zero-order valence-corrected chi connectivity index (χ0v) is 12.0. The molecule has 0 aromatic heterocycles. The Hall–Kier alpha value is -1.88. The zero-order chi connectivity index (χ0) is 15.0. The van der Waals surface area contributed by atoms with Gasteiger partial charge in [0.05, 0.1) is 0 Å². The molecular formula is C16H19NO4. The number of carboxylic acid groups (broad SMARTS) is 1. The summed E-state index contributed by atoms with van der Waals surface area (Å²) in [6.07, 6.45) is 2.17. The van der Waals surface area contributed by atoms with E-state index < -0.39 is 17.6 Å². The van der Waals surface area contributed by atoms with Gasteiger partial charge in [0.15, 0.2) is 6.04 Å². The first-order valence-electron chi connectivity index (χ1n) is 7.28. The number of hydrogen-bond acceptors (Lipinski definition) is 3. The second-order valence-electron chi connectivity index (χ2n) is 5.87. The smallest absolute Gasteiger partial charge is 0.331 e. The van der Waals surface area contributed by atoms with Crippen molar-refractivity contribution in [2.24, 2.45) is 0 Å². The molecule has 5 heteroatoms. The quantitative estimate of drug-likeness (QED) is 0.901. The lowest BCUT2D eigenvalue weighted by Crippen LogP contribution is -2.52. The van der Waals surface area contributed by atoms with Gasteiger partial charge >= 0.3 is 5.97 Å². The van der Waals surface area contributed by atoms with Crippen molar-refractivity contribution in [2.75, 3.05) is 13.2 Å². The average Bonchev–Trinajstić information content (AvgIpc) is 2.93. The van der Waals surface area contributed by atoms with Gasteiger partial charge in [-0.05, 0) is 37.3 Å². The maximum Gasteiger partial charge on any atom is 0.331 e. The molecule has 112 valence electrons. The summed E-state index contributed by atoms with van der Waals surface area (Å²) in [4.78, 5) is 26.0. The van der Waals surface area contributed by atoms with Crippen molar-refractivity contribution in [2.45, 2.75) is 37.8 Å². The molecule has 2 aliphatic heterocycles. The highest BCUT2D eigenvalue weighted by Gasteiger charge is 2.45. The van der Waals surface area contributed by atoms with Crippen LogP contribution >= 0.6 is 0 Å². The lowest BCUT2D eigenvalue weighted by molar-refractivity contribution is -0.162. The maximum absolute atomic E-state index is 12.8. The topological polar surface area (TPSA) is 66.8 Å². The van der Waals surface area contributed by atoms with Gasteiger partial charge in [-0.2, -0.15) is 0 Å². The number of fused-ring (bicyclic) bond motifs is 1. The van der Waals surface area contributed by atoms with Crippen LogP contribution in [-0.2, 0) is 20.7 Å². The third-order valence-electron chi connectivity index (χ3n) is 4.45. The minimum atomic E-state index is -0.989. The number of rotatable bonds is 2. The first-order chi connectivity index (χ1) is 10.0. The van der Waals surface area contributed by atoms with E-state index in [1.165, 1.54) is 4.90 Å². The van der Waals surface area contributed by atoms with Gasteiger partial charge in [0.2, 0.25) is 0 Å². The minimum absolute atomic E-state index is 0.207. The van der Waals surface area contributed by atoms with Gasteiger partial charge < -0.3 is 14.7 Å². The highest BCUT2D eigenvalue weighted by molar-refractivity contribution is 5.90. The van der Waals surface area contributed by atoms with Crippen molar-refractivity contribution in [1.82, 2.24) is 4.90 Å². The Morgan fingerprint density at radius 2 is 2.14 bits per heavy atom. The van der Waals surface area contributed by atoms with Crippen molar-refractivity contribution in [1.29, 1.82) is 0 Å². The van der Waals surface area contributed by atoms with Gasteiger partial charge in [0.25, 0.3) is 5.91 Å². The number of aliphatic carboxylic acids is 1. The number of nitrogens with zero attached hydrogens (tertiary/aromatic N) is 1. The fourth-order valence-corrected chi connectivity index (χ4v) is 3.30. The van der Waals surface area contributed by atoms with Gasteiger partial charge in [-0.3, -0.25) is 4.79 Å². The van der Waals surface area contributed by atoms with E-state index in [1.54, 1.807) is 13.0 Å². The summed E-state index contributed by atoms with van der Waals surface area (Å²) in [5, 5.41) is 9.60. The van der Waals surface area contributed by atoms with Crippen molar-refractivity contribution < 1.29 is 19.4 Å². The summed E-state index contributed by atoms with van der Waals surface area (Å²) in [5.41, 5.74) is 0.845. The van der Waals surface area contributed by atoms with Crippen LogP contribution < -0.4 is 0 Å². The van der Waals surface area contributed by atoms with Gasteiger partial charge in [0, 0.05) is 13.2 Å². The number of carbonyl (C=O) groups is 2. The number of carboxylic acids is 1. The second-order valence-corrected chi connectivity index (χ2v) is 5.87. The van der Waals surface area contributed by atoms with Gasteiger partial charge in [-0.25, -0.2) is 4.79 Å². The van der Waals surface area contributed by atoms with Crippen LogP contribution in [-0.4, -0.2) is 40.6 Å². The maximum atomic E-state index is 12.8. The molecule has 0 spiro atoms. The number of hydrogen-bond donors (Lipinski definition) is 1. The molecular weight excluding hydrogens is 270 g/mol. The van der Waals surface area contributed by atoms with Crippen LogP contribution in [0.2, 0.25) is 0 Å². The molecule has 0 saturated carbocycles. The Bertz CT molecular complexity index is 577. The number of carbonyl (C=O) groups excluding carboxylic acids is 1. The Morgan fingerprint density at radius 3 is 2.81 bits per heavy atom. The monoisotopic (exact) mass is 289 g/mol. The predicted octanol–water partition coefficient (Wildman–Crippen LogP) is 1.77. The molecule has 1 amide bonds. The molecule has 3 rings (SSSR count). The summed E-state index contributed by atoms with van der Waals surface area (Å²) in [5.74, 6) is -1.20. The van der Waals surface area contributed by atoms with Crippen LogP contribution in [0.5, 0.6) is 0 Å². The van der Waals surface area contributed by atoms with Crippen molar-refractivity contribution in [3.63, 3.8) is 0 Å². The second kappa shape index (κ2) is 5.15. The average molecular weight is 289 g/mol. The highest BCUT2D eigenvalue weighted by atomic mass is 16.5. The SMILES string of the molecule is CC1(C(=O)N2CCc3ccccc3C2C(=O)O)CCCO1. The van der Waals surface area contributed by atoms with Crippen LogP contribution in [0, 0.1) is 0 Å². The lowest BCUT2D eigenvalue weighted by atomic mass is 9.90. The Balaban J connectivity index is 1.96. The molecule has 1 aromatic rings. The van der Waals surface area contributed by atoms with E-state index in [0.29, 0.717) is 31.6 Å². The van der Waals surface area contributed by atoms with E-state index in [2.05, 4.69) is 0 Å². The first-order valence-corrected chi connectivity index (χ1v) is 7.28. The molecule has 2 aliphatic rings. The molecule has 21 heavy (non-hydrogen) atoms. The van der Waals surface area contributed by atoms with Crippen LogP contribution in [0.25, 0.3) is 0 Å². The third kappa shape index (κ3) is 2.31. The molecule has 2 unspecified atom stereocenters. The summed E-state index contributed by atoms with van der Waals surface area (Å²) in [7, 11) is 0. The fraction of sp³-hybridized carbons (Fsp3) is 0.500. The van der Waals surface area contributed by atoms with Gasteiger partial charge in [-0.1, -0.05) is 24.3 Å². The summed E-state index contributed by atoms with van der Waals surface area (Å²) in [6, 6.07) is 6.53. The zero-order valence-electron chi connectivity index (χ0n) is 12.0. The standard InChI is InChI=1S/C16H19NO4/c1-16(8-4-10-21-16)15(20)17-9-7-11-5-2-3-6-12(11)13(17)14(18)19/h2-3,5-6,13H,4,7-10H2,1H3,(H,18,19). The summed E-state index contributed by atoms with van der Waals surface area (Å²) < 4.78 is 5.59. The first kappa shape index (κ1) is 14.1. The van der Waals surface area contributed by atoms with E-state index in [-0.39, 0.29) is 5.91 Å². The fourth-order valence-electron chi connectivity index (χ4n) is 3.30. The molecule has 1 fully saturated rings. The van der Waals surface area contributed by atoms with Crippen molar-refractivity contribution >= 4 is 11.9 Å². The Morgan fingerprint density at radius 1 is 1.38 bits per heavy atom. The largest absolute Gasteiger partial charge is 0.479 e. The molecule has 0 radical (unpaired) electrons. The molecule has 0 bridgehead atoms. The molecule has 1 saturated heterocycles. The Labute approximate surface area is 123 Å². The van der Waals surface area contributed by atoms with Crippen LogP contribution in [0.3, 0.4) is 0 Å². The van der Waals surface area contributed by atoms with Crippen LogP contribution in [0.15, 0.2) is 24.3 Å². The predicted molar refractivity (Wildman–Crippen MR) is 75.8 cm³/mol.